The Labute approximate surface area is 131 Å². The Morgan fingerprint density at radius 1 is 0.810 bits per heavy atom. The molecule has 1 aliphatic heterocycles. The van der Waals surface area contributed by atoms with E-state index in [1.807, 2.05) is 0 Å². The van der Waals surface area contributed by atoms with E-state index in [2.05, 4.69) is 4.90 Å². The Bertz CT molecular complexity index is 291. The number of piperidine rings is 1. The van der Waals surface area contributed by atoms with Crippen LogP contribution in [0.15, 0.2) is 0 Å². The third-order valence-corrected chi connectivity index (χ3v) is 6.93. The summed E-state index contributed by atoms with van der Waals surface area (Å²) >= 11 is 0. The number of hydrogen-bond donors (Lipinski definition) is 1. The monoisotopic (exact) mass is 292 g/mol. The van der Waals surface area contributed by atoms with Crippen molar-refractivity contribution in [2.45, 2.75) is 89.5 Å². The molecule has 2 aliphatic carbocycles. The lowest BCUT2D eigenvalue weighted by Gasteiger charge is -2.47. The highest BCUT2D eigenvalue weighted by Gasteiger charge is 2.38. The maximum absolute atomic E-state index is 6.21. The zero-order valence-corrected chi connectivity index (χ0v) is 14.0. The van der Waals surface area contributed by atoms with E-state index in [-0.39, 0.29) is 0 Å². The van der Waals surface area contributed by atoms with Crippen LogP contribution in [0.1, 0.15) is 83.5 Å². The van der Waals surface area contributed by atoms with Crippen LogP contribution < -0.4 is 5.73 Å². The van der Waals surface area contributed by atoms with Crippen LogP contribution in [0.4, 0.5) is 0 Å². The molecule has 3 fully saturated rings. The smallest absolute Gasteiger partial charge is 0.0246 e. The molecule has 3 aliphatic rings. The predicted molar refractivity (Wildman–Crippen MR) is 90.4 cm³/mol. The zero-order valence-electron chi connectivity index (χ0n) is 14.0. The van der Waals surface area contributed by atoms with E-state index >= 15 is 0 Å². The third kappa shape index (κ3) is 3.82. The van der Waals surface area contributed by atoms with E-state index in [1.165, 1.54) is 96.6 Å². The second-order valence-corrected chi connectivity index (χ2v) is 8.15. The maximum atomic E-state index is 6.21. The second kappa shape index (κ2) is 7.46. The molecule has 0 aromatic rings. The van der Waals surface area contributed by atoms with Crippen LogP contribution in [0.25, 0.3) is 0 Å². The highest BCUT2D eigenvalue weighted by atomic mass is 15.2. The first kappa shape index (κ1) is 15.8. The van der Waals surface area contributed by atoms with Crippen LogP contribution in [0.2, 0.25) is 0 Å². The topological polar surface area (TPSA) is 29.3 Å². The molecule has 1 spiro atoms. The molecule has 2 saturated carbocycles. The van der Waals surface area contributed by atoms with Gasteiger partial charge in [-0.2, -0.15) is 0 Å². The molecule has 3 rings (SSSR count). The number of nitrogens with two attached hydrogens (primary N) is 1. The van der Waals surface area contributed by atoms with Crippen LogP contribution in [-0.4, -0.2) is 30.6 Å². The molecule has 2 nitrogen and oxygen atoms in total. The van der Waals surface area contributed by atoms with Gasteiger partial charge in [0.2, 0.25) is 0 Å². The summed E-state index contributed by atoms with van der Waals surface area (Å²) in [4.78, 5) is 2.79. The van der Waals surface area contributed by atoms with E-state index in [4.69, 9.17) is 5.73 Å². The number of likely N-dealkylation sites (tertiary alicyclic amines) is 1. The predicted octanol–water partition coefficient (Wildman–Crippen LogP) is 4.33. The van der Waals surface area contributed by atoms with Crippen molar-refractivity contribution < 1.29 is 0 Å². The number of rotatable bonds is 3. The molecule has 0 aromatic heterocycles. The van der Waals surface area contributed by atoms with Gasteiger partial charge in [0.25, 0.3) is 0 Å². The summed E-state index contributed by atoms with van der Waals surface area (Å²) < 4.78 is 0. The van der Waals surface area contributed by atoms with E-state index in [0.29, 0.717) is 6.04 Å². The summed E-state index contributed by atoms with van der Waals surface area (Å²) in [5.74, 6) is 0.887. The highest BCUT2D eigenvalue weighted by molar-refractivity contribution is 4.92. The van der Waals surface area contributed by atoms with Gasteiger partial charge < -0.3 is 5.73 Å². The first-order valence-corrected chi connectivity index (χ1v) is 9.77. The van der Waals surface area contributed by atoms with Crippen LogP contribution in [0.5, 0.6) is 0 Å². The van der Waals surface area contributed by atoms with E-state index < -0.39 is 0 Å². The van der Waals surface area contributed by atoms with Gasteiger partial charge in [-0.25, -0.2) is 0 Å². The zero-order chi connectivity index (χ0) is 14.5. The minimum Gasteiger partial charge on any atom is -0.329 e. The van der Waals surface area contributed by atoms with Crippen molar-refractivity contribution in [3.8, 4) is 0 Å². The maximum Gasteiger partial charge on any atom is 0.0246 e. The van der Waals surface area contributed by atoms with Gasteiger partial charge in [0.05, 0.1) is 0 Å². The molecular formula is C19H36N2. The highest BCUT2D eigenvalue weighted by Crippen LogP contribution is 2.45. The molecule has 1 unspecified atom stereocenters. The molecule has 122 valence electrons. The molecule has 0 radical (unpaired) electrons. The van der Waals surface area contributed by atoms with Crippen molar-refractivity contribution in [2.75, 3.05) is 19.6 Å². The minimum atomic E-state index is 0.684. The van der Waals surface area contributed by atoms with E-state index in [0.717, 1.165) is 17.9 Å². The Morgan fingerprint density at radius 2 is 1.38 bits per heavy atom. The quantitative estimate of drug-likeness (QED) is 0.784. The van der Waals surface area contributed by atoms with Gasteiger partial charge in [0, 0.05) is 12.6 Å². The van der Waals surface area contributed by atoms with Crippen molar-refractivity contribution >= 4 is 0 Å². The normalized spacial score (nSPS) is 30.1. The lowest BCUT2D eigenvalue weighted by Crippen LogP contribution is -2.51. The van der Waals surface area contributed by atoms with Crippen LogP contribution in [0.3, 0.4) is 0 Å². The summed E-state index contributed by atoms with van der Waals surface area (Å²) in [6, 6.07) is 0.684. The Hall–Kier alpha value is -0.0800. The van der Waals surface area contributed by atoms with Crippen molar-refractivity contribution in [2.24, 2.45) is 17.1 Å². The van der Waals surface area contributed by atoms with Gasteiger partial charge in [0.15, 0.2) is 0 Å². The van der Waals surface area contributed by atoms with Crippen LogP contribution in [-0.2, 0) is 0 Å². The first-order valence-electron chi connectivity index (χ1n) is 9.77. The molecule has 0 bridgehead atoms. The van der Waals surface area contributed by atoms with E-state index in [9.17, 15) is 0 Å². The lowest BCUT2D eigenvalue weighted by atomic mass is 9.68. The summed E-state index contributed by atoms with van der Waals surface area (Å²) in [5, 5.41) is 0. The van der Waals surface area contributed by atoms with Crippen molar-refractivity contribution in [1.82, 2.24) is 4.90 Å². The molecule has 21 heavy (non-hydrogen) atoms. The average Bonchev–Trinajstić information content (AvgIpc) is 2.80. The fourth-order valence-corrected chi connectivity index (χ4v) is 5.47. The van der Waals surface area contributed by atoms with Gasteiger partial charge >= 0.3 is 0 Å². The number of hydrogen-bond acceptors (Lipinski definition) is 2. The largest absolute Gasteiger partial charge is 0.329 e. The molecular weight excluding hydrogens is 256 g/mol. The van der Waals surface area contributed by atoms with Gasteiger partial charge in [-0.1, -0.05) is 44.9 Å². The Morgan fingerprint density at radius 3 is 1.95 bits per heavy atom. The molecule has 1 saturated heterocycles. The summed E-state index contributed by atoms with van der Waals surface area (Å²) in [5.41, 5.74) is 6.95. The fraction of sp³-hybridized carbons (Fsp3) is 1.00. The minimum absolute atomic E-state index is 0.684. The SMILES string of the molecule is NCC(C1CCCCCC1)N1CCC2(CCCCC2)CC1. The van der Waals surface area contributed by atoms with Crippen LogP contribution >= 0.6 is 0 Å². The number of nitrogens with zero attached hydrogens (tertiary/aromatic N) is 1. The van der Waals surface area contributed by atoms with Crippen molar-refractivity contribution in [3.63, 3.8) is 0 Å². The van der Waals surface area contributed by atoms with Crippen molar-refractivity contribution in [1.29, 1.82) is 0 Å². The molecule has 1 heterocycles. The van der Waals surface area contributed by atoms with Gasteiger partial charge in [0.1, 0.15) is 0 Å². The van der Waals surface area contributed by atoms with Gasteiger partial charge in [-0.3, -0.25) is 4.90 Å². The Balaban J connectivity index is 1.55. The molecule has 1 atom stereocenters. The van der Waals surface area contributed by atoms with Gasteiger partial charge in [-0.05, 0) is 62.9 Å². The second-order valence-electron chi connectivity index (χ2n) is 8.15. The molecule has 2 N–H and O–H groups in total. The Kier molecular flexibility index (Phi) is 5.61. The summed E-state index contributed by atoms with van der Waals surface area (Å²) in [6.07, 6.45) is 19.1. The summed E-state index contributed by atoms with van der Waals surface area (Å²) in [6.45, 7) is 3.55. The molecule has 0 aromatic carbocycles. The molecule has 0 amide bonds. The van der Waals surface area contributed by atoms with Gasteiger partial charge in [-0.15, -0.1) is 0 Å². The van der Waals surface area contributed by atoms with E-state index in [1.54, 1.807) is 0 Å². The standard InChI is InChI=1S/C19H36N2/c20-16-18(17-8-4-1-2-5-9-17)21-14-12-19(13-15-21)10-6-3-7-11-19/h17-18H,1-16,20H2. The lowest BCUT2D eigenvalue weighted by molar-refractivity contribution is 0.0285. The third-order valence-electron chi connectivity index (χ3n) is 6.93. The fourth-order valence-electron chi connectivity index (χ4n) is 5.47. The molecule has 2 heteroatoms. The summed E-state index contributed by atoms with van der Waals surface area (Å²) in [7, 11) is 0. The van der Waals surface area contributed by atoms with Crippen LogP contribution in [0, 0.1) is 11.3 Å². The van der Waals surface area contributed by atoms with Crippen molar-refractivity contribution in [3.05, 3.63) is 0 Å². The first-order chi connectivity index (χ1) is 10.3. The average molecular weight is 293 g/mol.